The molecular formula is C19H23N3O6S. The minimum absolute atomic E-state index is 0.0172. The van der Waals surface area contributed by atoms with Crippen molar-refractivity contribution in [2.75, 3.05) is 26.0 Å². The van der Waals surface area contributed by atoms with Crippen molar-refractivity contribution >= 4 is 27.5 Å². The Morgan fingerprint density at radius 3 is 2.66 bits per heavy atom. The van der Waals surface area contributed by atoms with E-state index in [-0.39, 0.29) is 35.5 Å². The third-order valence-electron chi connectivity index (χ3n) is 4.65. The largest absolute Gasteiger partial charge is 0.479 e. The van der Waals surface area contributed by atoms with Crippen LogP contribution in [-0.2, 0) is 26.2 Å². The molecule has 1 aromatic carbocycles. The van der Waals surface area contributed by atoms with Gasteiger partial charge in [0.25, 0.3) is 5.91 Å². The molecule has 0 radical (unpaired) electrons. The van der Waals surface area contributed by atoms with Crippen LogP contribution in [0.4, 0.5) is 5.69 Å². The van der Waals surface area contributed by atoms with Gasteiger partial charge in [0.2, 0.25) is 15.9 Å². The third-order valence-corrected chi connectivity index (χ3v) is 6.60. The standard InChI is InChI=1S/C19H23N3O6S/c1-12-8-15-16(28-13(2)19(24)20-15)9-17(12)29(25,26)22(4)11-18(23)21(3)10-14-6-5-7-27-14/h5-9,13H,10-11H2,1-4H3,(H,20,24). The number of aryl methyl sites for hydroxylation is 1. The first-order valence-corrected chi connectivity index (χ1v) is 10.4. The van der Waals surface area contributed by atoms with Gasteiger partial charge in [-0.25, -0.2) is 8.42 Å². The minimum atomic E-state index is -3.96. The summed E-state index contributed by atoms with van der Waals surface area (Å²) in [5, 5.41) is 2.68. The van der Waals surface area contributed by atoms with Crippen LogP contribution in [0.2, 0.25) is 0 Å². The van der Waals surface area contributed by atoms with Crippen LogP contribution in [0.25, 0.3) is 0 Å². The van der Waals surface area contributed by atoms with Crippen LogP contribution in [0.15, 0.2) is 39.8 Å². The second kappa shape index (κ2) is 7.88. The molecule has 29 heavy (non-hydrogen) atoms. The average molecular weight is 421 g/mol. The fourth-order valence-electron chi connectivity index (χ4n) is 2.91. The second-order valence-electron chi connectivity index (χ2n) is 6.95. The number of anilines is 1. The number of benzene rings is 1. The molecule has 2 amide bonds. The van der Waals surface area contributed by atoms with Gasteiger partial charge < -0.3 is 19.4 Å². The van der Waals surface area contributed by atoms with Crippen molar-refractivity contribution in [3.8, 4) is 5.75 Å². The Hall–Kier alpha value is -2.85. The number of hydrogen-bond acceptors (Lipinski definition) is 6. The molecule has 1 atom stereocenters. The molecule has 0 saturated carbocycles. The predicted molar refractivity (Wildman–Crippen MR) is 105 cm³/mol. The van der Waals surface area contributed by atoms with E-state index in [1.807, 2.05) is 0 Å². The van der Waals surface area contributed by atoms with Gasteiger partial charge in [-0.15, -0.1) is 0 Å². The van der Waals surface area contributed by atoms with Crippen molar-refractivity contribution < 1.29 is 27.2 Å². The number of carbonyl (C=O) groups is 2. The molecule has 156 valence electrons. The smallest absolute Gasteiger partial charge is 0.265 e. The number of amides is 2. The number of fused-ring (bicyclic) bond motifs is 1. The van der Waals surface area contributed by atoms with E-state index >= 15 is 0 Å². The third kappa shape index (κ3) is 4.28. The Labute approximate surface area is 169 Å². The number of nitrogens with one attached hydrogen (secondary N) is 1. The zero-order valence-corrected chi connectivity index (χ0v) is 17.4. The molecule has 1 N–H and O–H groups in total. The van der Waals surface area contributed by atoms with E-state index < -0.39 is 16.1 Å². The first-order valence-electron chi connectivity index (χ1n) is 8.94. The first-order chi connectivity index (χ1) is 13.6. The van der Waals surface area contributed by atoms with Crippen LogP contribution in [0, 0.1) is 6.92 Å². The average Bonchev–Trinajstić information content (AvgIpc) is 3.15. The highest BCUT2D eigenvalue weighted by Crippen LogP contribution is 2.35. The Kier molecular flexibility index (Phi) is 5.67. The summed E-state index contributed by atoms with van der Waals surface area (Å²) in [4.78, 5) is 25.6. The molecule has 1 aliphatic heterocycles. The molecule has 9 nitrogen and oxygen atoms in total. The maximum Gasteiger partial charge on any atom is 0.265 e. The number of likely N-dealkylation sites (N-methyl/N-ethyl adjacent to an activating group) is 2. The summed E-state index contributed by atoms with van der Waals surface area (Å²) in [6.45, 7) is 3.11. The first kappa shape index (κ1) is 20.9. The van der Waals surface area contributed by atoms with Gasteiger partial charge in [0, 0.05) is 20.2 Å². The maximum absolute atomic E-state index is 13.1. The lowest BCUT2D eigenvalue weighted by Gasteiger charge is -2.26. The zero-order valence-electron chi connectivity index (χ0n) is 16.6. The number of ether oxygens (including phenoxy) is 1. The van der Waals surface area contributed by atoms with Crippen molar-refractivity contribution in [2.24, 2.45) is 0 Å². The molecule has 0 aliphatic carbocycles. The van der Waals surface area contributed by atoms with Gasteiger partial charge >= 0.3 is 0 Å². The number of sulfonamides is 1. The van der Waals surface area contributed by atoms with Crippen LogP contribution < -0.4 is 10.1 Å². The van der Waals surface area contributed by atoms with Gasteiger partial charge in [0.1, 0.15) is 11.5 Å². The lowest BCUT2D eigenvalue weighted by atomic mass is 10.1. The summed E-state index contributed by atoms with van der Waals surface area (Å²) >= 11 is 0. The van der Waals surface area contributed by atoms with Crippen molar-refractivity contribution in [2.45, 2.75) is 31.4 Å². The number of nitrogens with zero attached hydrogens (tertiary/aromatic N) is 2. The monoisotopic (exact) mass is 421 g/mol. The Balaban J connectivity index is 1.78. The lowest BCUT2D eigenvalue weighted by molar-refractivity contribution is -0.130. The Morgan fingerprint density at radius 2 is 2.00 bits per heavy atom. The van der Waals surface area contributed by atoms with E-state index in [4.69, 9.17) is 9.15 Å². The van der Waals surface area contributed by atoms with Crippen molar-refractivity contribution in [1.29, 1.82) is 0 Å². The normalized spacial score (nSPS) is 16.2. The lowest BCUT2D eigenvalue weighted by Crippen LogP contribution is -2.39. The predicted octanol–water partition coefficient (Wildman–Crippen LogP) is 1.59. The topological polar surface area (TPSA) is 109 Å². The molecule has 0 saturated heterocycles. The highest BCUT2D eigenvalue weighted by atomic mass is 32.2. The van der Waals surface area contributed by atoms with E-state index in [0.717, 1.165) is 4.31 Å². The molecular weight excluding hydrogens is 398 g/mol. The summed E-state index contributed by atoms with van der Waals surface area (Å²) in [5.74, 6) is 0.205. The molecule has 0 bridgehead atoms. The van der Waals surface area contributed by atoms with Crippen molar-refractivity contribution in [1.82, 2.24) is 9.21 Å². The van der Waals surface area contributed by atoms with Gasteiger partial charge in [0.05, 0.1) is 29.9 Å². The highest BCUT2D eigenvalue weighted by molar-refractivity contribution is 7.89. The van der Waals surface area contributed by atoms with Crippen LogP contribution in [-0.4, -0.2) is 56.2 Å². The number of carbonyl (C=O) groups excluding carboxylic acids is 2. The molecule has 2 aromatic rings. The van der Waals surface area contributed by atoms with E-state index in [1.165, 1.54) is 24.3 Å². The van der Waals surface area contributed by atoms with Crippen LogP contribution in [0.5, 0.6) is 5.75 Å². The molecule has 0 spiro atoms. The summed E-state index contributed by atoms with van der Waals surface area (Å²) in [5.41, 5.74) is 0.854. The maximum atomic E-state index is 13.1. The van der Waals surface area contributed by atoms with Gasteiger partial charge in [-0.2, -0.15) is 4.31 Å². The number of rotatable bonds is 6. The summed E-state index contributed by atoms with van der Waals surface area (Å²) in [6.07, 6.45) is 0.782. The van der Waals surface area contributed by atoms with Crippen LogP contribution in [0.3, 0.4) is 0 Å². The molecule has 3 rings (SSSR count). The van der Waals surface area contributed by atoms with E-state index in [1.54, 1.807) is 39.1 Å². The van der Waals surface area contributed by atoms with Crippen molar-refractivity contribution in [3.63, 3.8) is 0 Å². The second-order valence-corrected chi connectivity index (χ2v) is 8.97. The van der Waals surface area contributed by atoms with Gasteiger partial charge in [-0.1, -0.05) is 0 Å². The fraction of sp³-hybridized carbons (Fsp3) is 0.368. The SMILES string of the molecule is Cc1cc2c(cc1S(=O)(=O)N(C)CC(=O)N(C)Cc1ccco1)OC(C)C(=O)N2. The number of hydrogen-bond donors (Lipinski definition) is 1. The molecule has 0 fully saturated rings. The molecule has 1 aliphatic rings. The van der Waals surface area contributed by atoms with E-state index in [2.05, 4.69) is 5.32 Å². The molecule has 10 heteroatoms. The van der Waals surface area contributed by atoms with E-state index in [9.17, 15) is 18.0 Å². The van der Waals surface area contributed by atoms with Gasteiger partial charge in [0.15, 0.2) is 6.10 Å². The molecule has 1 aromatic heterocycles. The van der Waals surface area contributed by atoms with E-state index in [0.29, 0.717) is 17.0 Å². The fourth-order valence-corrected chi connectivity index (χ4v) is 4.25. The molecule has 1 unspecified atom stereocenters. The van der Waals surface area contributed by atoms with Gasteiger partial charge in [-0.3, -0.25) is 9.59 Å². The number of furan rings is 1. The van der Waals surface area contributed by atoms with Gasteiger partial charge in [-0.05, 0) is 37.6 Å². The van der Waals surface area contributed by atoms with Crippen molar-refractivity contribution in [3.05, 3.63) is 41.9 Å². The Morgan fingerprint density at radius 1 is 1.28 bits per heavy atom. The summed E-state index contributed by atoms with van der Waals surface area (Å²) < 4.78 is 37.8. The van der Waals surface area contributed by atoms with Crippen LogP contribution >= 0.6 is 0 Å². The minimum Gasteiger partial charge on any atom is -0.479 e. The quantitative estimate of drug-likeness (QED) is 0.759. The summed E-state index contributed by atoms with van der Waals surface area (Å²) in [6, 6.07) is 6.38. The zero-order chi connectivity index (χ0) is 21.3. The summed E-state index contributed by atoms with van der Waals surface area (Å²) in [7, 11) is -1.03. The molecule has 2 heterocycles. The Bertz CT molecular complexity index is 1030. The van der Waals surface area contributed by atoms with Crippen LogP contribution in [0.1, 0.15) is 18.2 Å². The highest BCUT2D eigenvalue weighted by Gasteiger charge is 2.30.